The number of ether oxygens (including phenoxy) is 2. The molecule has 0 spiro atoms. The maximum atomic E-state index is 10.2. The van der Waals surface area contributed by atoms with Crippen LogP contribution in [0.25, 0.3) is 0 Å². The normalized spacial score (nSPS) is 14.8. The molecule has 0 bridgehead atoms. The molecule has 2 unspecified atom stereocenters. The standard InChI is InChI=1S/C17H34O2.C12H16O.2C2H6/c1-4-9-16(10-5-2)17(18-3)19-14-13-15-11-7-6-8-12-15;1-3-10(2)12-6-4-11(5-7-12)8-9-13;2*1-2/h15-17H,4-14H2,1-3H3;4-7,9-10H,3,8H2,1-2H3;2*1-2H3. The molecule has 36 heavy (non-hydrogen) atoms. The van der Waals surface area contributed by atoms with E-state index < -0.39 is 0 Å². The first-order chi connectivity index (χ1) is 17.6. The molecule has 0 aromatic heterocycles. The highest BCUT2D eigenvalue weighted by Crippen LogP contribution is 2.27. The third-order valence-electron chi connectivity index (χ3n) is 6.95. The zero-order chi connectivity index (χ0) is 27.6. The Hall–Kier alpha value is -1.19. The molecule has 3 nitrogen and oxygen atoms in total. The molecule has 1 saturated carbocycles. The van der Waals surface area contributed by atoms with Crippen molar-refractivity contribution in [3.63, 3.8) is 0 Å². The summed E-state index contributed by atoms with van der Waals surface area (Å²) < 4.78 is 11.6. The SMILES string of the molecule is CC.CC.CCC(C)c1ccc(CC=O)cc1.CCCC(CCC)C(OC)OCCC1CCCCC1. The molecule has 1 fully saturated rings. The minimum Gasteiger partial charge on any atom is -0.356 e. The van der Waals surface area contributed by atoms with E-state index in [1.165, 1.54) is 69.8 Å². The van der Waals surface area contributed by atoms with Gasteiger partial charge >= 0.3 is 0 Å². The van der Waals surface area contributed by atoms with E-state index in [2.05, 4.69) is 39.8 Å². The molecule has 212 valence electrons. The molecule has 1 aromatic rings. The first-order valence-corrected chi connectivity index (χ1v) is 15.3. The fourth-order valence-corrected chi connectivity index (χ4v) is 4.70. The van der Waals surface area contributed by atoms with Crippen molar-refractivity contribution in [1.29, 1.82) is 0 Å². The van der Waals surface area contributed by atoms with Gasteiger partial charge in [-0.15, -0.1) is 0 Å². The van der Waals surface area contributed by atoms with Crippen LogP contribution in [-0.2, 0) is 20.7 Å². The zero-order valence-electron chi connectivity index (χ0n) is 25.6. The molecule has 2 atom stereocenters. The summed E-state index contributed by atoms with van der Waals surface area (Å²) in [5.41, 5.74) is 2.46. The number of rotatable bonds is 14. The van der Waals surface area contributed by atoms with E-state index in [9.17, 15) is 4.79 Å². The number of hydrogen-bond donors (Lipinski definition) is 0. The largest absolute Gasteiger partial charge is 0.356 e. The number of hydrogen-bond acceptors (Lipinski definition) is 3. The first-order valence-electron chi connectivity index (χ1n) is 15.3. The van der Waals surface area contributed by atoms with Crippen molar-refractivity contribution in [2.75, 3.05) is 13.7 Å². The van der Waals surface area contributed by atoms with Gasteiger partial charge in [0, 0.05) is 19.4 Å². The second-order valence-corrected chi connectivity index (χ2v) is 9.53. The van der Waals surface area contributed by atoms with E-state index in [4.69, 9.17) is 9.47 Å². The summed E-state index contributed by atoms with van der Waals surface area (Å²) in [6.45, 7) is 17.8. The molecule has 1 aromatic carbocycles. The van der Waals surface area contributed by atoms with Gasteiger partial charge < -0.3 is 14.3 Å². The van der Waals surface area contributed by atoms with Crippen molar-refractivity contribution in [2.24, 2.45) is 11.8 Å². The van der Waals surface area contributed by atoms with Crippen LogP contribution in [0.5, 0.6) is 0 Å². The Morgan fingerprint density at radius 3 is 1.92 bits per heavy atom. The lowest BCUT2D eigenvalue weighted by atomic mass is 9.87. The molecule has 0 N–H and O–H groups in total. The van der Waals surface area contributed by atoms with Crippen molar-refractivity contribution in [3.05, 3.63) is 35.4 Å². The molecule has 1 aliphatic carbocycles. The quantitative estimate of drug-likeness (QED) is 0.186. The highest BCUT2D eigenvalue weighted by atomic mass is 16.7. The smallest absolute Gasteiger partial charge is 0.159 e. The van der Waals surface area contributed by atoms with Crippen molar-refractivity contribution >= 4 is 6.29 Å². The molecular weight excluding hydrogens is 444 g/mol. The predicted octanol–water partition coefficient (Wildman–Crippen LogP) is 10.2. The summed E-state index contributed by atoms with van der Waals surface area (Å²) in [6.07, 6.45) is 15.9. The van der Waals surface area contributed by atoms with Crippen LogP contribution in [0, 0.1) is 11.8 Å². The van der Waals surface area contributed by atoms with Crippen molar-refractivity contribution in [1.82, 2.24) is 0 Å². The minimum absolute atomic E-state index is 0.0171. The number of methoxy groups -OCH3 is 1. The van der Waals surface area contributed by atoms with Crippen molar-refractivity contribution in [3.8, 4) is 0 Å². The minimum atomic E-state index is 0.0171. The van der Waals surface area contributed by atoms with Crippen LogP contribution in [0.1, 0.15) is 143 Å². The average molecular weight is 507 g/mol. The summed E-state index contributed by atoms with van der Waals surface area (Å²) >= 11 is 0. The molecule has 0 aliphatic heterocycles. The molecule has 0 radical (unpaired) electrons. The van der Waals surface area contributed by atoms with Gasteiger partial charge in [-0.2, -0.15) is 0 Å². The van der Waals surface area contributed by atoms with Crippen LogP contribution in [0.2, 0.25) is 0 Å². The van der Waals surface area contributed by atoms with E-state index in [-0.39, 0.29) is 6.29 Å². The topological polar surface area (TPSA) is 35.5 Å². The summed E-state index contributed by atoms with van der Waals surface area (Å²) in [6, 6.07) is 8.31. The van der Waals surface area contributed by atoms with E-state index in [1.807, 2.05) is 39.8 Å². The number of benzene rings is 1. The molecule has 0 amide bonds. The van der Waals surface area contributed by atoms with Gasteiger partial charge in [0.1, 0.15) is 6.29 Å². The van der Waals surface area contributed by atoms with Gasteiger partial charge in [-0.05, 0) is 48.6 Å². The van der Waals surface area contributed by atoms with Gasteiger partial charge in [0.15, 0.2) is 6.29 Å². The molecule has 0 saturated heterocycles. The second kappa shape index (κ2) is 26.9. The predicted molar refractivity (Wildman–Crippen MR) is 159 cm³/mol. The average Bonchev–Trinajstić information content (AvgIpc) is 2.94. The van der Waals surface area contributed by atoms with Gasteiger partial charge in [-0.1, -0.05) is 125 Å². The van der Waals surface area contributed by atoms with E-state index >= 15 is 0 Å². The lowest BCUT2D eigenvalue weighted by molar-refractivity contribution is -0.161. The van der Waals surface area contributed by atoms with Crippen molar-refractivity contribution < 1.29 is 14.3 Å². The molecule has 3 heteroatoms. The van der Waals surface area contributed by atoms with Gasteiger partial charge in [-0.3, -0.25) is 0 Å². The summed E-state index contributed by atoms with van der Waals surface area (Å²) in [7, 11) is 1.80. The monoisotopic (exact) mass is 506 g/mol. The Kier molecular flexibility index (Phi) is 27.6. The van der Waals surface area contributed by atoms with Crippen LogP contribution < -0.4 is 0 Å². The number of carbonyl (C=O) groups excluding carboxylic acids is 1. The molecular formula is C33H62O3. The number of aldehydes is 1. The maximum Gasteiger partial charge on any atom is 0.159 e. The highest BCUT2D eigenvalue weighted by Gasteiger charge is 2.21. The van der Waals surface area contributed by atoms with Gasteiger partial charge in [0.25, 0.3) is 0 Å². The van der Waals surface area contributed by atoms with Crippen LogP contribution >= 0.6 is 0 Å². The lowest BCUT2D eigenvalue weighted by Crippen LogP contribution is -2.27. The summed E-state index contributed by atoms with van der Waals surface area (Å²) in [5.74, 6) is 2.10. The molecule has 2 rings (SSSR count). The lowest BCUT2D eigenvalue weighted by Gasteiger charge is -2.27. The van der Waals surface area contributed by atoms with Crippen molar-refractivity contribution in [2.45, 2.75) is 145 Å². The van der Waals surface area contributed by atoms with Gasteiger partial charge in [-0.25, -0.2) is 0 Å². The fourth-order valence-electron chi connectivity index (χ4n) is 4.70. The zero-order valence-corrected chi connectivity index (χ0v) is 25.6. The van der Waals surface area contributed by atoms with Crippen LogP contribution in [0.15, 0.2) is 24.3 Å². The van der Waals surface area contributed by atoms with Crippen LogP contribution in [0.3, 0.4) is 0 Å². The van der Waals surface area contributed by atoms with Crippen LogP contribution in [-0.4, -0.2) is 26.3 Å². The Morgan fingerprint density at radius 2 is 1.47 bits per heavy atom. The summed E-state index contributed by atoms with van der Waals surface area (Å²) in [4.78, 5) is 10.2. The summed E-state index contributed by atoms with van der Waals surface area (Å²) in [5, 5.41) is 0. The van der Waals surface area contributed by atoms with E-state index in [0.29, 0.717) is 18.3 Å². The Bertz CT molecular complexity index is 557. The Morgan fingerprint density at radius 1 is 0.917 bits per heavy atom. The Labute approximate surface area is 226 Å². The van der Waals surface area contributed by atoms with Gasteiger partial charge in [0.05, 0.1) is 6.61 Å². The number of carbonyl (C=O) groups is 1. The van der Waals surface area contributed by atoms with E-state index in [1.54, 1.807) is 7.11 Å². The van der Waals surface area contributed by atoms with Gasteiger partial charge in [0.2, 0.25) is 0 Å². The maximum absolute atomic E-state index is 10.2. The third-order valence-corrected chi connectivity index (χ3v) is 6.95. The highest BCUT2D eigenvalue weighted by molar-refractivity contribution is 5.54. The first kappa shape index (κ1) is 37.0. The molecule has 1 aliphatic rings. The fraction of sp³-hybridized carbons (Fsp3) is 0.788. The third kappa shape index (κ3) is 17.3. The second-order valence-electron chi connectivity index (χ2n) is 9.53. The van der Waals surface area contributed by atoms with Crippen LogP contribution in [0.4, 0.5) is 0 Å². The van der Waals surface area contributed by atoms with E-state index in [0.717, 1.165) is 30.8 Å². The Balaban J connectivity index is 0. The molecule has 0 heterocycles.